The van der Waals surface area contributed by atoms with E-state index in [0.29, 0.717) is 17.0 Å². The molecule has 0 unspecified atom stereocenters. The van der Waals surface area contributed by atoms with Gasteiger partial charge in [0.2, 0.25) is 0 Å². The zero-order valence-corrected chi connectivity index (χ0v) is 16.2. The normalized spacial score (nSPS) is 12.7. The van der Waals surface area contributed by atoms with Gasteiger partial charge in [0.1, 0.15) is 11.6 Å². The van der Waals surface area contributed by atoms with Crippen molar-refractivity contribution in [2.24, 2.45) is 5.11 Å². The molecule has 0 atom stereocenters. The molecule has 2 rings (SSSR count). The molecule has 0 amide bonds. The van der Waals surface area contributed by atoms with Crippen molar-refractivity contribution < 1.29 is 37.8 Å². The van der Waals surface area contributed by atoms with E-state index in [-0.39, 0.29) is 47.2 Å². The quantitative estimate of drug-likeness (QED) is 0.246. The van der Waals surface area contributed by atoms with Gasteiger partial charge in [-0.2, -0.15) is 0 Å². The Bertz CT molecular complexity index is 831. The van der Waals surface area contributed by atoms with Crippen LogP contribution in [0, 0.1) is 13.7 Å². The SMILES string of the molecule is [2H]C([2H])([2H])c1cnc(CBr)nc1.[2H]C([2H])([2H])c1cnc(CN=[N+]=[N-])nc1.[N-]=[N+]=[N-].[Na+]. The minimum Gasteiger partial charge on any atom is -0.373 e. The molecule has 10 nitrogen and oxygen atoms in total. The van der Waals surface area contributed by atoms with Crippen molar-refractivity contribution in [1.82, 2.24) is 19.9 Å². The Balaban J connectivity index is 0. The minimum atomic E-state index is -2.20. The third kappa shape index (κ3) is 12.8. The number of halogens is 1. The van der Waals surface area contributed by atoms with E-state index in [0.717, 1.165) is 0 Å². The topological polar surface area (TPSA) is 159 Å². The number of aryl methyl sites for hydroxylation is 2. The standard InChI is InChI=1S/C6H7BrN2.C6H7N5.N3.Na/c1-5-3-8-6(2-7)9-4-5;1-5-2-8-6(9-3-5)4-10-11-7;1-3-2;/h3-4H,2H2,1H3;2-3H,4H2,1H3;;/q;;-1;+1/i2*1D3;;. The summed E-state index contributed by atoms with van der Waals surface area (Å²) in [6, 6.07) is 0. The van der Waals surface area contributed by atoms with Crippen LogP contribution in [0.25, 0.3) is 26.4 Å². The number of aromatic nitrogens is 4. The summed E-state index contributed by atoms with van der Waals surface area (Å²) < 4.78 is 42.3. The number of nitrogens with zero attached hydrogens (tertiary/aromatic N) is 10. The summed E-state index contributed by atoms with van der Waals surface area (Å²) in [5.74, 6) is 0.888. The van der Waals surface area contributed by atoms with Crippen LogP contribution in [0.3, 0.4) is 0 Å². The number of rotatable bonds is 3. The van der Waals surface area contributed by atoms with Gasteiger partial charge in [-0.1, -0.05) is 21.0 Å². The van der Waals surface area contributed by atoms with Crippen LogP contribution in [0.1, 0.15) is 31.0 Å². The first kappa shape index (κ1) is 14.6. The fourth-order valence-electron chi connectivity index (χ4n) is 0.955. The molecule has 2 aromatic rings. The van der Waals surface area contributed by atoms with E-state index in [4.69, 9.17) is 24.8 Å². The van der Waals surface area contributed by atoms with E-state index in [1.165, 1.54) is 29.7 Å². The van der Waals surface area contributed by atoms with E-state index in [9.17, 15) is 0 Å². The molecule has 2 aromatic heterocycles. The van der Waals surface area contributed by atoms with Crippen LogP contribution < -0.4 is 29.6 Å². The maximum absolute atomic E-state index is 8.02. The molecular formula is C12H14BrN10Na. The maximum Gasteiger partial charge on any atom is 1.00 e. The van der Waals surface area contributed by atoms with Crippen molar-refractivity contribution in [2.45, 2.75) is 25.6 Å². The third-order valence-corrected chi connectivity index (χ3v) is 2.31. The van der Waals surface area contributed by atoms with Crippen LogP contribution in [-0.4, -0.2) is 19.9 Å². The van der Waals surface area contributed by atoms with Gasteiger partial charge in [0.15, 0.2) is 0 Å². The van der Waals surface area contributed by atoms with Gasteiger partial charge in [-0.15, -0.1) is 0 Å². The van der Waals surface area contributed by atoms with Crippen LogP contribution >= 0.6 is 15.9 Å². The summed E-state index contributed by atoms with van der Waals surface area (Å²) >= 11 is 3.17. The van der Waals surface area contributed by atoms with Crippen molar-refractivity contribution in [2.75, 3.05) is 0 Å². The van der Waals surface area contributed by atoms with Crippen LogP contribution in [-0.2, 0) is 11.9 Å². The monoisotopic (exact) mass is 406 g/mol. The molecule has 24 heavy (non-hydrogen) atoms. The molecule has 0 spiro atoms. The predicted molar refractivity (Wildman–Crippen MR) is 89.1 cm³/mol. The average Bonchev–Trinajstić information content (AvgIpc) is 2.66. The van der Waals surface area contributed by atoms with Gasteiger partial charge in [0, 0.05) is 37.9 Å². The second-order valence-corrected chi connectivity index (χ2v) is 3.95. The first-order valence-corrected chi connectivity index (χ1v) is 6.79. The Hall–Kier alpha value is -1.74. The van der Waals surface area contributed by atoms with Crippen LogP contribution in [0.5, 0.6) is 0 Å². The van der Waals surface area contributed by atoms with E-state index < -0.39 is 13.7 Å². The molecule has 120 valence electrons. The Kier molecular flexibility index (Phi) is 9.81. The second-order valence-electron chi connectivity index (χ2n) is 3.39. The van der Waals surface area contributed by atoms with Crippen molar-refractivity contribution in [3.63, 3.8) is 0 Å². The minimum absolute atomic E-state index is 0. The summed E-state index contributed by atoms with van der Waals surface area (Å²) in [7, 11) is 0. The van der Waals surface area contributed by atoms with Gasteiger partial charge in [0.25, 0.3) is 0 Å². The zero-order valence-electron chi connectivity index (χ0n) is 18.6. The first-order valence-electron chi connectivity index (χ1n) is 8.67. The summed E-state index contributed by atoms with van der Waals surface area (Å²) in [4.78, 5) is 19.2. The zero-order chi connectivity index (χ0) is 22.5. The van der Waals surface area contributed by atoms with E-state index in [1.54, 1.807) is 0 Å². The predicted octanol–water partition coefficient (Wildman–Crippen LogP) is 1.15. The first-order chi connectivity index (χ1) is 13.5. The molecule has 0 aliphatic rings. The fraction of sp³-hybridized carbons (Fsp3) is 0.333. The van der Waals surface area contributed by atoms with E-state index in [2.05, 4.69) is 45.9 Å². The number of azide groups is 1. The summed E-state index contributed by atoms with van der Waals surface area (Å²) in [6.45, 7) is -4.28. The smallest absolute Gasteiger partial charge is 0.373 e. The largest absolute Gasteiger partial charge is 1.00 e. The molecule has 0 saturated carbocycles. The molecule has 0 aromatic carbocycles. The van der Waals surface area contributed by atoms with Gasteiger partial charge in [-0.05, 0) is 30.4 Å². The maximum atomic E-state index is 8.02. The summed E-state index contributed by atoms with van der Waals surface area (Å²) in [5.41, 5.74) is 21.8. The van der Waals surface area contributed by atoms with Crippen LogP contribution in [0.4, 0.5) is 0 Å². The molecule has 0 N–H and O–H groups in total. The van der Waals surface area contributed by atoms with Gasteiger partial charge < -0.3 is 11.1 Å². The molecule has 0 fully saturated rings. The Labute approximate surface area is 178 Å². The van der Waals surface area contributed by atoms with Crippen molar-refractivity contribution in [3.05, 3.63) is 74.0 Å². The van der Waals surface area contributed by atoms with E-state index in [1.807, 2.05) is 0 Å². The van der Waals surface area contributed by atoms with Gasteiger partial charge in [-0.3, -0.25) is 4.91 Å². The molecule has 12 heteroatoms. The van der Waals surface area contributed by atoms with Crippen molar-refractivity contribution in [1.29, 1.82) is 0 Å². The fourth-order valence-corrected chi connectivity index (χ4v) is 1.24. The number of hydrogen-bond acceptors (Lipinski definition) is 5. The van der Waals surface area contributed by atoms with Gasteiger partial charge in [-0.25, -0.2) is 19.9 Å². The molecule has 0 aliphatic heterocycles. The van der Waals surface area contributed by atoms with Crippen LogP contribution in [0.15, 0.2) is 29.9 Å². The van der Waals surface area contributed by atoms with Gasteiger partial charge >= 0.3 is 29.6 Å². The molecule has 0 aliphatic carbocycles. The molecule has 0 saturated heterocycles. The van der Waals surface area contributed by atoms with Gasteiger partial charge in [0.05, 0.1) is 11.9 Å². The summed E-state index contributed by atoms with van der Waals surface area (Å²) in [5, 5.41) is 3.78. The Morgan fingerprint density at radius 3 is 1.75 bits per heavy atom. The molecular weight excluding hydrogens is 387 g/mol. The Morgan fingerprint density at radius 1 is 1.00 bits per heavy atom. The van der Waals surface area contributed by atoms with Crippen molar-refractivity contribution >= 4 is 15.9 Å². The number of alkyl halides is 1. The Morgan fingerprint density at radius 2 is 1.42 bits per heavy atom. The number of hydrogen-bond donors (Lipinski definition) is 0. The molecule has 2 heterocycles. The second kappa shape index (κ2) is 16.1. The third-order valence-electron chi connectivity index (χ3n) is 1.81. The molecule has 0 bridgehead atoms. The van der Waals surface area contributed by atoms with Crippen molar-refractivity contribution in [3.8, 4) is 0 Å². The summed E-state index contributed by atoms with van der Waals surface area (Å²) in [6.07, 6.45) is 5.08. The van der Waals surface area contributed by atoms with Crippen LogP contribution in [0.2, 0.25) is 0 Å². The van der Waals surface area contributed by atoms with E-state index >= 15 is 0 Å². The average molecular weight is 407 g/mol. The molecule has 0 radical (unpaired) electrons.